The average molecular weight is 227 g/mol. The van der Waals surface area contributed by atoms with E-state index in [-0.39, 0.29) is 6.61 Å². The molecule has 1 aromatic heterocycles. The SMILES string of the molecule is CCc1nn(C)cc1CNCCOCCO. The van der Waals surface area contributed by atoms with Crippen LogP contribution in [0.15, 0.2) is 6.20 Å². The Balaban J connectivity index is 2.21. The summed E-state index contributed by atoms with van der Waals surface area (Å²) in [6.45, 7) is 4.84. The van der Waals surface area contributed by atoms with E-state index in [1.165, 1.54) is 5.56 Å². The number of hydrogen-bond donors (Lipinski definition) is 2. The standard InChI is InChI=1S/C11H21N3O2/c1-3-11-10(9-14(2)13-11)8-12-4-6-16-7-5-15/h9,12,15H,3-8H2,1-2H3. The molecule has 2 N–H and O–H groups in total. The van der Waals surface area contributed by atoms with Gasteiger partial charge in [0, 0.05) is 31.9 Å². The molecule has 0 aromatic carbocycles. The Morgan fingerprint density at radius 3 is 3.00 bits per heavy atom. The lowest BCUT2D eigenvalue weighted by Crippen LogP contribution is -2.20. The van der Waals surface area contributed by atoms with E-state index in [9.17, 15) is 0 Å². The van der Waals surface area contributed by atoms with Crippen molar-refractivity contribution in [3.8, 4) is 0 Å². The van der Waals surface area contributed by atoms with Crippen LogP contribution >= 0.6 is 0 Å². The largest absolute Gasteiger partial charge is 0.394 e. The number of nitrogens with one attached hydrogen (secondary N) is 1. The second-order valence-corrected chi connectivity index (χ2v) is 3.64. The topological polar surface area (TPSA) is 59.3 Å². The molecule has 0 bridgehead atoms. The maximum absolute atomic E-state index is 8.52. The summed E-state index contributed by atoms with van der Waals surface area (Å²) >= 11 is 0. The van der Waals surface area contributed by atoms with Gasteiger partial charge >= 0.3 is 0 Å². The van der Waals surface area contributed by atoms with E-state index in [2.05, 4.69) is 17.3 Å². The molecule has 16 heavy (non-hydrogen) atoms. The average Bonchev–Trinajstić information content (AvgIpc) is 2.64. The van der Waals surface area contributed by atoms with Crippen LogP contribution in [0, 0.1) is 0 Å². The molecule has 1 heterocycles. The van der Waals surface area contributed by atoms with Crippen molar-refractivity contribution in [1.29, 1.82) is 0 Å². The molecule has 5 heteroatoms. The summed E-state index contributed by atoms with van der Waals surface area (Å²) in [5.41, 5.74) is 2.39. The van der Waals surface area contributed by atoms with Gasteiger partial charge in [0.25, 0.3) is 0 Å². The second kappa shape index (κ2) is 7.38. The molecule has 0 saturated heterocycles. The Labute approximate surface area is 96.4 Å². The fourth-order valence-corrected chi connectivity index (χ4v) is 1.56. The van der Waals surface area contributed by atoms with Crippen molar-refractivity contribution in [3.05, 3.63) is 17.5 Å². The molecule has 92 valence electrons. The van der Waals surface area contributed by atoms with E-state index in [0.717, 1.165) is 25.2 Å². The van der Waals surface area contributed by atoms with Gasteiger partial charge in [-0.1, -0.05) is 6.92 Å². The number of aryl methyl sites for hydroxylation is 2. The first-order valence-electron chi connectivity index (χ1n) is 5.68. The van der Waals surface area contributed by atoms with Crippen LogP contribution < -0.4 is 5.32 Å². The molecule has 0 saturated carbocycles. The first-order chi connectivity index (χ1) is 7.77. The summed E-state index contributed by atoms with van der Waals surface area (Å²) in [7, 11) is 1.94. The zero-order valence-electron chi connectivity index (χ0n) is 10.1. The molecule has 5 nitrogen and oxygen atoms in total. The summed E-state index contributed by atoms with van der Waals surface area (Å²) in [6.07, 6.45) is 3.00. The van der Waals surface area contributed by atoms with Gasteiger partial charge in [-0.15, -0.1) is 0 Å². The van der Waals surface area contributed by atoms with E-state index in [1.54, 1.807) is 0 Å². The minimum atomic E-state index is 0.0859. The zero-order chi connectivity index (χ0) is 11.8. The highest BCUT2D eigenvalue weighted by molar-refractivity contribution is 5.16. The smallest absolute Gasteiger partial charge is 0.0698 e. The van der Waals surface area contributed by atoms with E-state index >= 15 is 0 Å². The highest BCUT2D eigenvalue weighted by atomic mass is 16.5. The molecule has 0 unspecified atom stereocenters. The lowest BCUT2D eigenvalue weighted by atomic mass is 10.2. The van der Waals surface area contributed by atoms with Crippen molar-refractivity contribution in [3.63, 3.8) is 0 Å². The molecule has 1 rings (SSSR count). The molecule has 0 spiro atoms. The van der Waals surface area contributed by atoms with Crippen LogP contribution in [0.1, 0.15) is 18.2 Å². The van der Waals surface area contributed by atoms with E-state index in [0.29, 0.717) is 13.2 Å². The monoisotopic (exact) mass is 227 g/mol. The predicted molar refractivity (Wildman–Crippen MR) is 62.2 cm³/mol. The van der Waals surface area contributed by atoms with Gasteiger partial charge < -0.3 is 15.2 Å². The molecular formula is C11H21N3O2. The number of aliphatic hydroxyl groups excluding tert-OH is 1. The van der Waals surface area contributed by atoms with Crippen molar-refractivity contribution < 1.29 is 9.84 Å². The maximum Gasteiger partial charge on any atom is 0.0698 e. The molecule has 0 atom stereocenters. The molecule has 1 aromatic rings. The van der Waals surface area contributed by atoms with Gasteiger partial charge in [-0.2, -0.15) is 5.10 Å². The third-order valence-corrected chi connectivity index (χ3v) is 2.30. The first-order valence-corrected chi connectivity index (χ1v) is 5.68. The van der Waals surface area contributed by atoms with Gasteiger partial charge in [-0.25, -0.2) is 0 Å². The molecule has 0 aliphatic heterocycles. The van der Waals surface area contributed by atoms with Crippen molar-refractivity contribution in [1.82, 2.24) is 15.1 Å². The number of aliphatic hydroxyl groups is 1. The van der Waals surface area contributed by atoms with Crippen LogP contribution in [-0.2, 0) is 24.8 Å². The minimum Gasteiger partial charge on any atom is -0.394 e. The normalized spacial score (nSPS) is 10.9. The van der Waals surface area contributed by atoms with Gasteiger partial charge in [0.05, 0.1) is 25.5 Å². The Hall–Kier alpha value is -0.910. The van der Waals surface area contributed by atoms with E-state index < -0.39 is 0 Å². The van der Waals surface area contributed by atoms with E-state index in [4.69, 9.17) is 9.84 Å². The number of aromatic nitrogens is 2. The summed E-state index contributed by atoms with van der Waals surface area (Å²) in [5.74, 6) is 0. The van der Waals surface area contributed by atoms with Crippen LogP contribution in [0.4, 0.5) is 0 Å². The Bertz CT molecular complexity index is 299. The fraction of sp³-hybridized carbons (Fsp3) is 0.727. The van der Waals surface area contributed by atoms with Gasteiger partial charge in [0.1, 0.15) is 0 Å². The van der Waals surface area contributed by atoms with Crippen molar-refractivity contribution in [2.45, 2.75) is 19.9 Å². The number of ether oxygens (including phenoxy) is 1. The molecule has 0 fully saturated rings. The fourth-order valence-electron chi connectivity index (χ4n) is 1.56. The number of nitrogens with zero attached hydrogens (tertiary/aromatic N) is 2. The molecule has 0 amide bonds. The lowest BCUT2D eigenvalue weighted by Gasteiger charge is -2.04. The van der Waals surface area contributed by atoms with Crippen LogP contribution in [-0.4, -0.2) is 41.3 Å². The molecular weight excluding hydrogens is 206 g/mol. The number of hydrogen-bond acceptors (Lipinski definition) is 4. The van der Waals surface area contributed by atoms with Crippen molar-refractivity contribution >= 4 is 0 Å². The highest BCUT2D eigenvalue weighted by Crippen LogP contribution is 2.06. The van der Waals surface area contributed by atoms with Crippen molar-refractivity contribution in [2.75, 3.05) is 26.4 Å². The molecule has 0 aliphatic carbocycles. The lowest BCUT2D eigenvalue weighted by molar-refractivity contribution is 0.0938. The summed E-state index contributed by atoms with van der Waals surface area (Å²) < 4.78 is 6.99. The van der Waals surface area contributed by atoms with Gasteiger partial charge in [-0.05, 0) is 6.42 Å². The highest BCUT2D eigenvalue weighted by Gasteiger charge is 2.04. The second-order valence-electron chi connectivity index (χ2n) is 3.64. The summed E-state index contributed by atoms with van der Waals surface area (Å²) in [4.78, 5) is 0. The first kappa shape index (κ1) is 13.2. The van der Waals surface area contributed by atoms with Crippen molar-refractivity contribution in [2.24, 2.45) is 7.05 Å². The van der Waals surface area contributed by atoms with Crippen LogP contribution in [0.3, 0.4) is 0 Å². The minimum absolute atomic E-state index is 0.0859. The Morgan fingerprint density at radius 2 is 2.31 bits per heavy atom. The van der Waals surface area contributed by atoms with Gasteiger partial charge in [-0.3, -0.25) is 4.68 Å². The van der Waals surface area contributed by atoms with Gasteiger partial charge in [0.2, 0.25) is 0 Å². The van der Waals surface area contributed by atoms with Crippen LogP contribution in [0.2, 0.25) is 0 Å². The summed E-state index contributed by atoms with van der Waals surface area (Å²) in [5, 5.41) is 16.2. The van der Waals surface area contributed by atoms with Crippen LogP contribution in [0.25, 0.3) is 0 Å². The third kappa shape index (κ3) is 4.30. The van der Waals surface area contributed by atoms with E-state index in [1.807, 2.05) is 17.9 Å². The quantitative estimate of drug-likeness (QED) is 0.618. The molecule has 0 aliphatic rings. The Morgan fingerprint density at radius 1 is 1.50 bits per heavy atom. The Kier molecular flexibility index (Phi) is 6.07. The van der Waals surface area contributed by atoms with Crippen LogP contribution in [0.5, 0.6) is 0 Å². The number of rotatable bonds is 8. The zero-order valence-corrected chi connectivity index (χ0v) is 10.1. The third-order valence-electron chi connectivity index (χ3n) is 2.30. The predicted octanol–water partition coefficient (Wildman–Crippen LogP) is 0.0810. The summed E-state index contributed by atoms with van der Waals surface area (Å²) in [6, 6.07) is 0. The maximum atomic E-state index is 8.52. The molecule has 0 radical (unpaired) electrons. The van der Waals surface area contributed by atoms with Gasteiger partial charge in [0.15, 0.2) is 0 Å².